The third kappa shape index (κ3) is 1.60. The molecule has 1 saturated carbocycles. The van der Waals surface area contributed by atoms with Gasteiger partial charge in [-0.05, 0) is 19.8 Å². The lowest BCUT2D eigenvalue weighted by atomic mass is 9.80. The molecule has 2 N–H and O–H groups in total. The van der Waals surface area contributed by atoms with E-state index in [1.165, 1.54) is 0 Å². The molecule has 0 aromatic carbocycles. The van der Waals surface area contributed by atoms with Gasteiger partial charge in [-0.1, -0.05) is 0 Å². The fourth-order valence-electron chi connectivity index (χ4n) is 1.03. The molecule has 1 rings (SSSR count). The monoisotopic (exact) mass is 139 g/mol. The van der Waals surface area contributed by atoms with Crippen LogP contribution in [0, 0.1) is 0 Å². The van der Waals surface area contributed by atoms with Gasteiger partial charge in [0.2, 0.25) is 0 Å². The van der Waals surface area contributed by atoms with Crippen molar-refractivity contribution in [3.63, 3.8) is 0 Å². The van der Waals surface area contributed by atoms with Gasteiger partial charge in [-0.25, -0.2) is 4.39 Å². The molecule has 0 spiro atoms. The molecule has 1 aliphatic carbocycles. The van der Waals surface area contributed by atoms with Crippen LogP contribution in [0.5, 0.6) is 0 Å². The molecule has 0 aromatic heterocycles. The van der Waals surface area contributed by atoms with E-state index in [0.29, 0.717) is 12.8 Å². The normalized spacial score (nSPS) is 44.6. The van der Waals surface area contributed by atoms with E-state index < -0.39 is 5.67 Å². The summed E-state index contributed by atoms with van der Waals surface area (Å²) >= 11 is 0. The van der Waals surface area contributed by atoms with Gasteiger partial charge in [-0.15, -0.1) is 12.4 Å². The average Bonchev–Trinajstić information content (AvgIpc) is 1.27. The van der Waals surface area contributed by atoms with Gasteiger partial charge in [0.05, 0.1) is 0 Å². The molecule has 50 valence electrons. The Bertz CT molecular complexity index is 76.5. The third-order valence-electron chi connectivity index (χ3n) is 1.38. The zero-order valence-electron chi connectivity index (χ0n) is 4.86. The Kier molecular flexibility index (Phi) is 2.24. The first kappa shape index (κ1) is 8.18. The van der Waals surface area contributed by atoms with Crippen molar-refractivity contribution in [2.45, 2.75) is 31.5 Å². The smallest absolute Gasteiger partial charge is 0.111 e. The first-order valence-corrected chi connectivity index (χ1v) is 2.55. The summed E-state index contributed by atoms with van der Waals surface area (Å²) in [5.41, 5.74) is 4.38. The van der Waals surface area contributed by atoms with Gasteiger partial charge in [0.1, 0.15) is 5.67 Å². The van der Waals surface area contributed by atoms with Crippen LogP contribution in [0.2, 0.25) is 0 Å². The summed E-state index contributed by atoms with van der Waals surface area (Å²) in [5.74, 6) is 0. The van der Waals surface area contributed by atoms with Crippen molar-refractivity contribution in [1.82, 2.24) is 0 Å². The van der Waals surface area contributed by atoms with Crippen molar-refractivity contribution in [1.29, 1.82) is 0 Å². The van der Waals surface area contributed by atoms with Crippen molar-refractivity contribution >= 4 is 12.4 Å². The second-order valence-electron chi connectivity index (χ2n) is 2.58. The molecule has 3 heteroatoms. The molecule has 1 aliphatic rings. The van der Waals surface area contributed by atoms with Gasteiger partial charge in [0.15, 0.2) is 0 Å². The number of alkyl halides is 1. The molecule has 8 heavy (non-hydrogen) atoms. The largest absolute Gasteiger partial charge is 0.327 e. The maximum atomic E-state index is 12.4. The quantitative estimate of drug-likeness (QED) is 0.537. The molecule has 0 amide bonds. The van der Waals surface area contributed by atoms with Crippen LogP contribution in [-0.4, -0.2) is 11.7 Å². The van der Waals surface area contributed by atoms with E-state index in [2.05, 4.69) is 0 Å². The number of halogens is 2. The van der Waals surface area contributed by atoms with E-state index in [-0.39, 0.29) is 18.4 Å². The van der Waals surface area contributed by atoms with Gasteiger partial charge in [0.25, 0.3) is 0 Å². The van der Waals surface area contributed by atoms with Gasteiger partial charge >= 0.3 is 0 Å². The van der Waals surface area contributed by atoms with Crippen LogP contribution in [0.15, 0.2) is 0 Å². The lowest BCUT2D eigenvalue weighted by Gasteiger charge is -2.35. The van der Waals surface area contributed by atoms with Crippen LogP contribution >= 0.6 is 12.4 Å². The topological polar surface area (TPSA) is 26.0 Å². The zero-order chi connectivity index (χ0) is 5.49. The third-order valence-corrected chi connectivity index (χ3v) is 1.38. The van der Waals surface area contributed by atoms with Crippen LogP contribution in [0.25, 0.3) is 0 Å². The average molecular weight is 140 g/mol. The second-order valence-corrected chi connectivity index (χ2v) is 2.58. The molecular weight excluding hydrogens is 129 g/mol. The van der Waals surface area contributed by atoms with E-state index >= 15 is 0 Å². The second kappa shape index (κ2) is 2.19. The maximum absolute atomic E-state index is 12.4. The van der Waals surface area contributed by atoms with E-state index in [1.807, 2.05) is 0 Å². The molecule has 1 nitrogen and oxygen atoms in total. The Morgan fingerprint density at radius 1 is 1.62 bits per heavy atom. The summed E-state index contributed by atoms with van der Waals surface area (Å²) in [6, 6.07) is 0.134. The maximum Gasteiger partial charge on any atom is 0.111 e. The Morgan fingerprint density at radius 3 is 2.00 bits per heavy atom. The highest BCUT2D eigenvalue weighted by Gasteiger charge is 2.37. The predicted molar refractivity (Wildman–Crippen MR) is 34.0 cm³/mol. The Morgan fingerprint density at radius 2 is 2.00 bits per heavy atom. The molecular formula is C5H11ClFN. The van der Waals surface area contributed by atoms with Crippen LogP contribution in [0.3, 0.4) is 0 Å². The molecule has 0 saturated heterocycles. The molecule has 0 radical (unpaired) electrons. The van der Waals surface area contributed by atoms with Crippen molar-refractivity contribution in [2.24, 2.45) is 5.73 Å². The first-order chi connectivity index (χ1) is 3.10. The lowest BCUT2D eigenvalue weighted by molar-refractivity contribution is 0.0645. The SMILES string of the molecule is CC1(F)CC(N)C1.Cl. The van der Waals surface area contributed by atoms with Crippen molar-refractivity contribution in [2.75, 3.05) is 0 Å². The van der Waals surface area contributed by atoms with Gasteiger partial charge in [0, 0.05) is 6.04 Å². The fourth-order valence-corrected chi connectivity index (χ4v) is 1.03. The summed E-state index contributed by atoms with van der Waals surface area (Å²) in [5, 5.41) is 0. The number of nitrogens with two attached hydrogens (primary N) is 1. The Labute approximate surface area is 54.9 Å². The highest BCUT2D eigenvalue weighted by Crippen LogP contribution is 2.33. The van der Waals surface area contributed by atoms with Crippen LogP contribution in [-0.2, 0) is 0 Å². The predicted octanol–water partition coefficient (Wildman–Crippen LogP) is 1.26. The van der Waals surface area contributed by atoms with E-state index in [4.69, 9.17) is 5.73 Å². The summed E-state index contributed by atoms with van der Waals surface area (Å²) in [4.78, 5) is 0. The minimum atomic E-state index is -0.931. The molecule has 0 heterocycles. The minimum Gasteiger partial charge on any atom is -0.327 e. The number of rotatable bonds is 0. The van der Waals surface area contributed by atoms with Crippen molar-refractivity contribution in [3.05, 3.63) is 0 Å². The summed E-state index contributed by atoms with van der Waals surface area (Å²) in [7, 11) is 0. The molecule has 0 unspecified atom stereocenters. The minimum absolute atomic E-state index is 0. The number of hydrogen-bond donors (Lipinski definition) is 1. The first-order valence-electron chi connectivity index (χ1n) is 2.55. The standard InChI is InChI=1S/C5H10FN.ClH/c1-5(6)2-4(7)3-5;/h4H,2-3,7H2,1H3;1H. The molecule has 0 atom stereocenters. The molecule has 0 aromatic rings. The number of hydrogen-bond acceptors (Lipinski definition) is 1. The van der Waals surface area contributed by atoms with Gasteiger partial charge in [-0.2, -0.15) is 0 Å². The van der Waals surface area contributed by atoms with Crippen LogP contribution in [0.4, 0.5) is 4.39 Å². The summed E-state index contributed by atoms with van der Waals surface area (Å²) in [6.07, 6.45) is 1.10. The highest BCUT2D eigenvalue weighted by atomic mass is 35.5. The van der Waals surface area contributed by atoms with Gasteiger partial charge in [-0.3, -0.25) is 0 Å². The van der Waals surface area contributed by atoms with Crippen LogP contribution < -0.4 is 5.73 Å². The Balaban J connectivity index is 0.000000490. The van der Waals surface area contributed by atoms with Crippen LogP contribution in [0.1, 0.15) is 19.8 Å². The van der Waals surface area contributed by atoms with Crippen molar-refractivity contribution in [3.8, 4) is 0 Å². The van der Waals surface area contributed by atoms with E-state index in [1.54, 1.807) is 6.92 Å². The zero-order valence-corrected chi connectivity index (χ0v) is 5.67. The van der Waals surface area contributed by atoms with E-state index in [9.17, 15) is 4.39 Å². The van der Waals surface area contributed by atoms with E-state index in [0.717, 1.165) is 0 Å². The fraction of sp³-hybridized carbons (Fsp3) is 1.00. The summed E-state index contributed by atoms with van der Waals surface area (Å²) < 4.78 is 12.4. The van der Waals surface area contributed by atoms with Crippen molar-refractivity contribution < 1.29 is 4.39 Å². The molecule has 0 bridgehead atoms. The highest BCUT2D eigenvalue weighted by molar-refractivity contribution is 5.85. The van der Waals surface area contributed by atoms with Gasteiger partial charge < -0.3 is 5.73 Å². The molecule has 0 aliphatic heterocycles. The Hall–Kier alpha value is 0.180. The summed E-state index contributed by atoms with van der Waals surface area (Å²) in [6.45, 7) is 1.59. The lowest BCUT2D eigenvalue weighted by Crippen LogP contribution is -2.46. The molecule has 1 fully saturated rings.